The van der Waals surface area contributed by atoms with Crippen molar-refractivity contribution in [2.24, 2.45) is 0 Å². The summed E-state index contributed by atoms with van der Waals surface area (Å²) in [7, 11) is 2.85. The minimum Gasteiger partial charge on any atom is -0.503 e. The zero-order valence-corrected chi connectivity index (χ0v) is 14.4. The topological polar surface area (TPSA) is 93.1 Å². The molecule has 1 aliphatic heterocycles. The Morgan fingerprint density at radius 3 is 2.36 bits per heavy atom. The number of ketones is 1. The highest BCUT2D eigenvalue weighted by Crippen LogP contribution is 2.37. The van der Waals surface area contributed by atoms with Crippen LogP contribution in [0.15, 0.2) is 35.6 Å². The molecule has 0 radical (unpaired) electrons. The van der Waals surface area contributed by atoms with Gasteiger partial charge in [-0.3, -0.25) is 9.59 Å². The molecule has 0 saturated carbocycles. The molecule has 0 spiro atoms. The molecule has 1 aliphatic rings. The fourth-order valence-electron chi connectivity index (χ4n) is 2.89. The Kier molecular flexibility index (Phi) is 5.93. The smallest absolute Gasteiger partial charge is 0.337 e. The van der Waals surface area contributed by atoms with Crippen LogP contribution in [0.4, 0.5) is 0 Å². The number of esters is 1. The van der Waals surface area contributed by atoms with Crippen LogP contribution < -0.4 is 0 Å². The quantitative estimate of drug-likeness (QED) is 0.597. The number of aliphatic hydroxyl groups is 1. The van der Waals surface area contributed by atoms with Gasteiger partial charge in [0.25, 0.3) is 5.91 Å². The van der Waals surface area contributed by atoms with Gasteiger partial charge in [0.1, 0.15) is 0 Å². The van der Waals surface area contributed by atoms with Crippen LogP contribution in [0.3, 0.4) is 0 Å². The first-order valence-electron chi connectivity index (χ1n) is 7.84. The number of aliphatic hydroxyl groups excluding tert-OH is 1. The molecular formula is C18H21NO6. The predicted molar refractivity (Wildman–Crippen MR) is 89.1 cm³/mol. The van der Waals surface area contributed by atoms with Crippen LogP contribution in [0.1, 0.15) is 35.3 Å². The monoisotopic (exact) mass is 347 g/mol. The molecule has 134 valence electrons. The third-order valence-corrected chi connectivity index (χ3v) is 4.08. The number of hydrogen-bond acceptors (Lipinski definition) is 6. The molecule has 7 nitrogen and oxygen atoms in total. The van der Waals surface area contributed by atoms with Crippen molar-refractivity contribution in [3.8, 4) is 0 Å². The van der Waals surface area contributed by atoms with E-state index in [0.717, 1.165) is 0 Å². The van der Waals surface area contributed by atoms with E-state index in [1.807, 2.05) is 0 Å². The van der Waals surface area contributed by atoms with Crippen LogP contribution >= 0.6 is 0 Å². The fourth-order valence-corrected chi connectivity index (χ4v) is 2.89. The van der Waals surface area contributed by atoms with E-state index in [1.54, 1.807) is 31.4 Å². The van der Waals surface area contributed by atoms with Crippen molar-refractivity contribution in [3.05, 3.63) is 46.7 Å². The summed E-state index contributed by atoms with van der Waals surface area (Å²) in [6, 6.07) is 5.73. The van der Waals surface area contributed by atoms with Crippen LogP contribution in [0.2, 0.25) is 0 Å². The lowest BCUT2D eigenvalue weighted by molar-refractivity contribution is -0.129. The molecule has 0 aromatic heterocycles. The number of methoxy groups -OCH3 is 2. The van der Waals surface area contributed by atoms with Gasteiger partial charge in [0, 0.05) is 20.3 Å². The molecule has 1 aromatic rings. The number of nitrogens with zero attached hydrogens (tertiary/aromatic N) is 1. The van der Waals surface area contributed by atoms with Crippen LogP contribution in [-0.2, 0) is 19.1 Å². The Bertz CT molecular complexity index is 707. The molecular weight excluding hydrogens is 326 g/mol. The number of Topliss-reactive ketones (excluding diaryl/α,β-unsaturated/α-hetero) is 1. The molecule has 0 bridgehead atoms. The van der Waals surface area contributed by atoms with Crippen LogP contribution in [0.5, 0.6) is 0 Å². The van der Waals surface area contributed by atoms with E-state index in [0.29, 0.717) is 30.7 Å². The molecule has 0 aliphatic carbocycles. The lowest BCUT2D eigenvalue weighted by Gasteiger charge is -2.26. The van der Waals surface area contributed by atoms with Crippen molar-refractivity contribution >= 4 is 17.7 Å². The maximum absolute atomic E-state index is 12.4. The fraction of sp³-hybridized carbons (Fsp3) is 0.389. The Labute approximate surface area is 145 Å². The molecule has 0 fully saturated rings. The van der Waals surface area contributed by atoms with Crippen molar-refractivity contribution in [3.63, 3.8) is 0 Å². The summed E-state index contributed by atoms with van der Waals surface area (Å²) in [5.41, 5.74) is 1.06. The molecule has 0 unspecified atom stereocenters. The maximum atomic E-state index is 12.4. The van der Waals surface area contributed by atoms with Gasteiger partial charge in [-0.15, -0.1) is 0 Å². The first-order valence-corrected chi connectivity index (χ1v) is 7.84. The van der Waals surface area contributed by atoms with Gasteiger partial charge in [0.05, 0.1) is 24.3 Å². The van der Waals surface area contributed by atoms with Crippen molar-refractivity contribution in [2.45, 2.75) is 19.4 Å². The van der Waals surface area contributed by atoms with Gasteiger partial charge in [0.15, 0.2) is 11.5 Å². The Morgan fingerprint density at radius 2 is 1.84 bits per heavy atom. The van der Waals surface area contributed by atoms with E-state index in [-0.39, 0.29) is 11.4 Å². The van der Waals surface area contributed by atoms with Crippen molar-refractivity contribution in [1.29, 1.82) is 0 Å². The number of amides is 1. The van der Waals surface area contributed by atoms with Crippen molar-refractivity contribution in [1.82, 2.24) is 4.90 Å². The van der Waals surface area contributed by atoms with Gasteiger partial charge in [-0.25, -0.2) is 4.79 Å². The van der Waals surface area contributed by atoms with Gasteiger partial charge in [-0.1, -0.05) is 12.1 Å². The van der Waals surface area contributed by atoms with E-state index in [2.05, 4.69) is 4.74 Å². The first-order chi connectivity index (χ1) is 11.9. The van der Waals surface area contributed by atoms with E-state index >= 15 is 0 Å². The van der Waals surface area contributed by atoms with E-state index in [4.69, 9.17) is 4.74 Å². The van der Waals surface area contributed by atoms with E-state index in [9.17, 15) is 19.5 Å². The molecule has 7 heteroatoms. The van der Waals surface area contributed by atoms with E-state index < -0.39 is 23.7 Å². The second-order valence-electron chi connectivity index (χ2n) is 5.68. The molecule has 25 heavy (non-hydrogen) atoms. The number of benzene rings is 1. The first kappa shape index (κ1) is 18.7. The van der Waals surface area contributed by atoms with Crippen molar-refractivity contribution < 1.29 is 29.0 Å². The van der Waals surface area contributed by atoms with Gasteiger partial charge in [0.2, 0.25) is 0 Å². The number of carbonyl (C=O) groups is 3. The minimum atomic E-state index is -0.687. The summed E-state index contributed by atoms with van der Waals surface area (Å²) in [6.07, 6.45) is 0.567. The standard InChI is InChI=1S/C18H21NO6/c1-11(20)14-15(12-5-7-13(8-6-12)18(23)25-3)19(9-4-10-24-2)17(22)16(14)21/h5-8,15,21H,4,9-10H2,1-3H3/t15-/m0/s1. The highest BCUT2D eigenvalue weighted by molar-refractivity contribution is 6.08. The zero-order chi connectivity index (χ0) is 18.6. The number of hydrogen-bond donors (Lipinski definition) is 1. The number of rotatable bonds is 7. The lowest BCUT2D eigenvalue weighted by Crippen LogP contribution is -2.32. The van der Waals surface area contributed by atoms with E-state index in [1.165, 1.54) is 18.9 Å². The molecule has 1 atom stereocenters. The summed E-state index contributed by atoms with van der Waals surface area (Å²) in [5.74, 6) is -1.95. The number of ether oxygens (including phenoxy) is 2. The SMILES string of the molecule is COCCCN1C(=O)C(O)=C(C(C)=O)[C@@H]1c1ccc(C(=O)OC)cc1. The molecule has 1 heterocycles. The minimum absolute atomic E-state index is 0.0632. The van der Waals surface area contributed by atoms with Crippen LogP contribution in [0.25, 0.3) is 0 Å². The third kappa shape index (κ3) is 3.71. The predicted octanol–water partition coefficient (Wildman–Crippen LogP) is 1.79. The summed E-state index contributed by atoms with van der Waals surface area (Å²) < 4.78 is 9.66. The van der Waals surface area contributed by atoms with Gasteiger partial charge >= 0.3 is 5.97 Å². The normalized spacial score (nSPS) is 17.2. The molecule has 2 rings (SSSR count). The van der Waals surface area contributed by atoms with Crippen molar-refractivity contribution in [2.75, 3.05) is 27.4 Å². The summed E-state index contributed by atoms with van der Waals surface area (Å²) >= 11 is 0. The average molecular weight is 347 g/mol. The molecule has 1 N–H and O–H groups in total. The molecule has 1 aromatic carbocycles. The van der Waals surface area contributed by atoms with Gasteiger partial charge in [-0.05, 0) is 31.0 Å². The highest BCUT2D eigenvalue weighted by atomic mass is 16.5. The summed E-state index contributed by atoms with van der Waals surface area (Å²) in [4.78, 5) is 37.4. The highest BCUT2D eigenvalue weighted by Gasteiger charge is 2.41. The Balaban J connectivity index is 2.38. The lowest BCUT2D eigenvalue weighted by atomic mass is 9.96. The second kappa shape index (κ2) is 7.94. The Morgan fingerprint density at radius 1 is 1.20 bits per heavy atom. The second-order valence-corrected chi connectivity index (χ2v) is 5.68. The summed E-state index contributed by atoms with van der Waals surface area (Å²) in [5, 5.41) is 10.1. The summed E-state index contributed by atoms with van der Waals surface area (Å²) in [6.45, 7) is 2.10. The Hall–Kier alpha value is -2.67. The van der Waals surface area contributed by atoms with Crippen LogP contribution in [-0.4, -0.2) is 55.0 Å². The zero-order valence-electron chi connectivity index (χ0n) is 14.4. The average Bonchev–Trinajstić information content (AvgIpc) is 2.86. The van der Waals surface area contributed by atoms with Gasteiger partial charge in [-0.2, -0.15) is 0 Å². The maximum Gasteiger partial charge on any atom is 0.337 e. The largest absolute Gasteiger partial charge is 0.503 e. The third-order valence-electron chi connectivity index (χ3n) is 4.08. The number of carbonyl (C=O) groups excluding carboxylic acids is 3. The molecule has 1 amide bonds. The molecule has 0 saturated heterocycles. The van der Waals surface area contributed by atoms with Gasteiger partial charge < -0.3 is 19.5 Å². The van der Waals surface area contributed by atoms with Crippen LogP contribution in [0, 0.1) is 0 Å².